The summed E-state index contributed by atoms with van der Waals surface area (Å²) in [4.78, 5) is 12.3. The Hall–Kier alpha value is -1.03. The first-order valence-electron chi connectivity index (χ1n) is 6.84. The van der Waals surface area contributed by atoms with Crippen LogP contribution in [-0.2, 0) is 4.79 Å². The summed E-state index contributed by atoms with van der Waals surface area (Å²) in [6.45, 7) is 0.830. The Bertz CT molecular complexity index is 396. The van der Waals surface area contributed by atoms with E-state index in [-0.39, 0.29) is 12.5 Å². The van der Waals surface area contributed by atoms with Gasteiger partial charge in [-0.15, -0.1) is 0 Å². The molecule has 1 aromatic carbocycles. The SMILES string of the molecule is O=C(COc1ccccc1)NCC1CCCCC1Br. The van der Waals surface area contributed by atoms with Crippen molar-refractivity contribution in [2.24, 2.45) is 5.92 Å². The Balaban J connectivity index is 1.67. The van der Waals surface area contributed by atoms with Crippen LogP contribution in [0.5, 0.6) is 5.75 Å². The molecule has 0 saturated heterocycles. The smallest absolute Gasteiger partial charge is 0.257 e. The van der Waals surface area contributed by atoms with E-state index in [0.29, 0.717) is 10.7 Å². The predicted molar refractivity (Wildman–Crippen MR) is 79.6 cm³/mol. The zero-order valence-electron chi connectivity index (χ0n) is 11.0. The van der Waals surface area contributed by atoms with E-state index in [1.54, 1.807) is 0 Å². The summed E-state index contributed by atoms with van der Waals surface area (Å²) in [5.41, 5.74) is 0. The Labute approximate surface area is 122 Å². The summed E-state index contributed by atoms with van der Waals surface area (Å²) < 4.78 is 5.41. The lowest BCUT2D eigenvalue weighted by molar-refractivity contribution is -0.123. The van der Waals surface area contributed by atoms with Gasteiger partial charge in [0.1, 0.15) is 5.75 Å². The number of hydrogen-bond acceptors (Lipinski definition) is 2. The molecular formula is C15H20BrNO2. The molecule has 2 rings (SSSR count). The number of hydrogen-bond donors (Lipinski definition) is 1. The highest BCUT2D eigenvalue weighted by atomic mass is 79.9. The van der Waals surface area contributed by atoms with Gasteiger partial charge in [0.05, 0.1) is 0 Å². The van der Waals surface area contributed by atoms with Gasteiger partial charge < -0.3 is 10.1 Å². The molecule has 4 heteroatoms. The number of halogens is 1. The van der Waals surface area contributed by atoms with Crippen molar-refractivity contribution in [2.45, 2.75) is 30.5 Å². The monoisotopic (exact) mass is 325 g/mol. The third kappa shape index (κ3) is 4.86. The summed E-state index contributed by atoms with van der Waals surface area (Å²) in [6.07, 6.45) is 4.96. The number of benzene rings is 1. The minimum Gasteiger partial charge on any atom is -0.484 e. The molecule has 0 aliphatic heterocycles. The van der Waals surface area contributed by atoms with Gasteiger partial charge in [-0.2, -0.15) is 0 Å². The number of nitrogens with one attached hydrogen (secondary N) is 1. The fourth-order valence-electron chi connectivity index (χ4n) is 2.35. The van der Waals surface area contributed by atoms with Gasteiger partial charge in [-0.25, -0.2) is 0 Å². The maximum Gasteiger partial charge on any atom is 0.257 e. The summed E-state index contributed by atoms with van der Waals surface area (Å²) >= 11 is 3.70. The average molecular weight is 326 g/mol. The molecule has 0 spiro atoms. The molecule has 2 unspecified atom stereocenters. The highest BCUT2D eigenvalue weighted by Crippen LogP contribution is 2.29. The number of carbonyl (C=O) groups excluding carboxylic acids is 1. The van der Waals surface area contributed by atoms with Crippen LogP contribution in [0.2, 0.25) is 0 Å². The third-order valence-electron chi connectivity index (χ3n) is 3.49. The molecular weight excluding hydrogens is 306 g/mol. The van der Waals surface area contributed by atoms with Crippen molar-refractivity contribution in [3.8, 4) is 5.75 Å². The van der Waals surface area contributed by atoms with E-state index < -0.39 is 0 Å². The van der Waals surface area contributed by atoms with Crippen LogP contribution in [0.15, 0.2) is 30.3 Å². The van der Waals surface area contributed by atoms with Crippen LogP contribution >= 0.6 is 15.9 Å². The first-order valence-corrected chi connectivity index (χ1v) is 7.76. The number of amides is 1. The zero-order valence-corrected chi connectivity index (χ0v) is 12.6. The normalized spacial score (nSPS) is 22.8. The van der Waals surface area contributed by atoms with Crippen molar-refractivity contribution in [2.75, 3.05) is 13.2 Å². The molecule has 0 radical (unpaired) electrons. The molecule has 1 saturated carbocycles. The molecule has 1 N–H and O–H groups in total. The average Bonchev–Trinajstić information content (AvgIpc) is 2.45. The lowest BCUT2D eigenvalue weighted by Gasteiger charge is -2.27. The van der Waals surface area contributed by atoms with Crippen LogP contribution in [0.25, 0.3) is 0 Å². The third-order valence-corrected chi connectivity index (χ3v) is 4.70. The summed E-state index contributed by atoms with van der Waals surface area (Å²) in [5, 5.41) is 2.96. The van der Waals surface area contributed by atoms with Gasteiger partial charge in [0.15, 0.2) is 6.61 Å². The summed E-state index contributed by atoms with van der Waals surface area (Å²) in [7, 11) is 0. The quantitative estimate of drug-likeness (QED) is 0.844. The Morgan fingerprint density at radius 3 is 2.74 bits per heavy atom. The van der Waals surface area contributed by atoms with Gasteiger partial charge in [-0.3, -0.25) is 4.79 Å². The van der Waals surface area contributed by atoms with Crippen molar-refractivity contribution >= 4 is 21.8 Å². The van der Waals surface area contributed by atoms with Gasteiger partial charge in [0, 0.05) is 11.4 Å². The number of rotatable bonds is 5. The molecule has 3 nitrogen and oxygen atoms in total. The maximum absolute atomic E-state index is 11.7. The van der Waals surface area contributed by atoms with Gasteiger partial charge in [0.2, 0.25) is 0 Å². The predicted octanol–water partition coefficient (Wildman–Crippen LogP) is 3.14. The van der Waals surface area contributed by atoms with E-state index in [4.69, 9.17) is 4.74 Å². The summed E-state index contributed by atoms with van der Waals surface area (Å²) in [5.74, 6) is 1.23. The fourth-order valence-corrected chi connectivity index (χ4v) is 3.13. The van der Waals surface area contributed by atoms with E-state index in [1.165, 1.54) is 25.7 Å². The number of alkyl halides is 1. The second-order valence-electron chi connectivity index (χ2n) is 4.97. The van der Waals surface area contributed by atoms with Gasteiger partial charge in [0.25, 0.3) is 5.91 Å². The standard InChI is InChI=1S/C15H20BrNO2/c16-14-9-5-4-6-12(14)10-17-15(18)11-19-13-7-2-1-3-8-13/h1-3,7-8,12,14H,4-6,9-11H2,(H,17,18). The lowest BCUT2D eigenvalue weighted by atomic mass is 9.89. The van der Waals surface area contributed by atoms with Gasteiger partial charge >= 0.3 is 0 Å². The van der Waals surface area contributed by atoms with Crippen LogP contribution < -0.4 is 10.1 Å². The Morgan fingerprint density at radius 2 is 2.00 bits per heavy atom. The van der Waals surface area contributed by atoms with E-state index in [9.17, 15) is 4.79 Å². The molecule has 104 valence electrons. The Kier molecular flexibility index (Phi) is 5.70. The second kappa shape index (κ2) is 7.53. The van der Waals surface area contributed by atoms with E-state index in [1.807, 2.05) is 30.3 Å². The fraction of sp³-hybridized carbons (Fsp3) is 0.533. The van der Waals surface area contributed by atoms with Crippen LogP contribution in [0.1, 0.15) is 25.7 Å². The molecule has 1 aromatic rings. The van der Waals surface area contributed by atoms with Crippen molar-refractivity contribution in [3.05, 3.63) is 30.3 Å². The van der Waals surface area contributed by atoms with Crippen molar-refractivity contribution in [3.63, 3.8) is 0 Å². The lowest BCUT2D eigenvalue weighted by Crippen LogP contribution is -2.36. The van der Waals surface area contributed by atoms with Crippen LogP contribution in [0, 0.1) is 5.92 Å². The zero-order chi connectivity index (χ0) is 13.5. The topological polar surface area (TPSA) is 38.3 Å². The molecule has 1 amide bonds. The Morgan fingerprint density at radius 1 is 1.26 bits per heavy atom. The molecule has 0 heterocycles. The van der Waals surface area contributed by atoms with E-state index in [0.717, 1.165) is 12.3 Å². The van der Waals surface area contributed by atoms with E-state index >= 15 is 0 Å². The van der Waals surface area contributed by atoms with Crippen molar-refractivity contribution < 1.29 is 9.53 Å². The molecule has 0 bridgehead atoms. The van der Waals surface area contributed by atoms with Crippen molar-refractivity contribution in [1.82, 2.24) is 5.32 Å². The molecule has 2 atom stereocenters. The molecule has 1 aliphatic carbocycles. The largest absolute Gasteiger partial charge is 0.484 e. The highest BCUT2D eigenvalue weighted by molar-refractivity contribution is 9.09. The first kappa shape index (κ1) is 14.4. The van der Waals surface area contributed by atoms with Crippen LogP contribution in [-0.4, -0.2) is 23.9 Å². The first-order chi connectivity index (χ1) is 9.25. The minimum atomic E-state index is -0.0471. The maximum atomic E-state index is 11.7. The van der Waals surface area contributed by atoms with E-state index in [2.05, 4.69) is 21.2 Å². The van der Waals surface area contributed by atoms with Crippen molar-refractivity contribution in [1.29, 1.82) is 0 Å². The minimum absolute atomic E-state index is 0.0471. The highest BCUT2D eigenvalue weighted by Gasteiger charge is 2.22. The summed E-state index contributed by atoms with van der Waals surface area (Å²) in [6, 6.07) is 9.41. The van der Waals surface area contributed by atoms with Crippen LogP contribution in [0.4, 0.5) is 0 Å². The number of carbonyl (C=O) groups is 1. The second-order valence-corrected chi connectivity index (χ2v) is 6.14. The number of ether oxygens (including phenoxy) is 1. The molecule has 19 heavy (non-hydrogen) atoms. The van der Waals surface area contributed by atoms with Gasteiger partial charge in [-0.1, -0.05) is 47.0 Å². The van der Waals surface area contributed by atoms with Gasteiger partial charge in [-0.05, 0) is 30.9 Å². The van der Waals surface area contributed by atoms with Crippen LogP contribution in [0.3, 0.4) is 0 Å². The molecule has 0 aromatic heterocycles. The molecule has 1 fully saturated rings. The molecule has 1 aliphatic rings. The number of para-hydroxylation sites is 1.